The SMILES string of the molecule is CCCCCCCCCCCCCCCCC(O)[C@@]1(O)C(=O)C=C[C@@H]1O. The summed E-state index contributed by atoms with van der Waals surface area (Å²) in [7, 11) is 0. The molecule has 3 atom stereocenters. The number of hydrogen-bond acceptors (Lipinski definition) is 4. The number of rotatable bonds is 16. The van der Waals surface area contributed by atoms with Crippen molar-refractivity contribution in [3.8, 4) is 0 Å². The molecular weight excluding hydrogens is 328 g/mol. The first kappa shape index (κ1) is 23.3. The summed E-state index contributed by atoms with van der Waals surface area (Å²) >= 11 is 0. The van der Waals surface area contributed by atoms with Gasteiger partial charge in [0.25, 0.3) is 0 Å². The Morgan fingerprint density at radius 3 is 1.69 bits per heavy atom. The van der Waals surface area contributed by atoms with Gasteiger partial charge in [-0.15, -0.1) is 0 Å². The van der Waals surface area contributed by atoms with Gasteiger partial charge in [0.1, 0.15) is 6.10 Å². The normalized spacial score (nSPS) is 23.7. The van der Waals surface area contributed by atoms with Crippen molar-refractivity contribution in [3.63, 3.8) is 0 Å². The van der Waals surface area contributed by atoms with Gasteiger partial charge in [0.05, 0.1) is 6.10 Å². The van der Waals surface area contributed by atoms with E-state index in [-0.39, 0.29) is 0 Å². The second-order valence-electron chi connectivity index (χ2n) is 7.89. The van der Waals surface area contributed by atoms with Crippen LogP contribution in [0.1, 0.15) is 103 Å². The lowest BCUT2D eigenvalue weighted by Crippen LogP contribution is -2.54. The highest BCUT2D eigenvalue weighted by atomic mass is 16.4. The van der Waals surface area contributed by atoms with Crippen molar-refractivity contribution < 1.29 is 20.1 Å². The molecule has 0 spiro atoms. The maximum absolute atomic E-state index is 11.6. The number of ketones is 1. The zero-order chi connectivity index (χ0) is 19.3. The minimum absolute atomic E-state index is 0.346. The van der Waals surface area contributed by atoms with Crippen molar-refractivity contribution in [2.24, 2.45) is 0 Å². The molecule has 4 heteroatoms. The van der Waals surface area contributed by atoms with Crippen LogP contribution in [-0.2, 0) is 4.79 Å². The van der Waals surface area contributed by atoms with Gasteiger partial charge >= 0.3 is 0 Å². The summed E-state index contributed by atoms with van der Waals surface area (Å²) < 4.78 is 0. The van der Waals surface area contributed by atoms with Gasteiger partial charge in [-0.1, -0.05) is 96.8 Å². The molecule has 152 valence electrons. The Hall–Kier alpha value is -0.710. The van der Waals surface area contributed by atoms with Crippen LogP contribution in [0, 0.1) is 0 Å². The monoisotopic (exact) mass is 368 g/mol. The molecule has 1 rings (SSSR count). The van der Waals surface area contributed by atoms with Crippen molar-refractivity contribution in [3.05, 3.63) is 12.2 Å². The first-order valence-corrected chi connectivity index (χ1v) is 10.8. The zero-order valence-corrected chi connectivity index (χ0v) is 16.7. The summed E-state index contributed by atoms with van der Waals surface area (Å²) in [6.45, 7) is 2.25. The van der Waals surface area contributed by atoms with Crippen LogP contribution in [0.5, 0.6) is 0 Å². The van der Waals surface area contributed by atoms with Gasteiger partial charge in [-0.3, -0.25) is 4.79 Å². The number of carbonyl (C=O) groups is 1. The van der Waals surface area contributed by atoms with E-state index < -0.39 is 23.6 Å². The molecule has 0 aliphatic heterocycles. The number of carbonyl (C=O) groups excluding carboxylic acids is 1. The van der Waals surface area contributed by atoms with Gasteiger partial charge in [0.2, 0.25) is 0 Å². The van der Waals surface area contributed by atoms with Gasteiger partial charge in [-0.05, 0) is 18.6 Å². The van der Waals surface area contributed by atoms with Crippen molar-refractivity contribution in [2.45, 2.75) is 121 Å². The van der Waals surface area contributed by atoms with Gasteiger partial charge < -0.3 is 15.3 Å². The molecule has 0 aromatic rings. The van der Waals surface area contributed by atoms with E-state index >= 15 is 0 Å². The van der Waals surface area contributed by atoms with E-state index in [0.29, 0.717) is 6.42 Å². The van der Waals surface area contributed by atoms with Crippen LogP contribution in [0.2, 0.25) is 0 Å². The quantitative estimate of drug-likeness (QED) is 0.352. The first-order chi connectivity index (χ1) is 12.5. The van der Waals surface area contributed by atoms with Crippen LogP contribution in [0.4, 0.5) is 0 Å². The molecule has 4 nitrogen and oxygen atoms in total. The summed E-state index contributed by atoms with van der Waals surface area (Å²) in [5.41, 5.74) is -2.03. The molecule has 1 aliphatic rings. The fraction of sp³-hybridized carbons (Fsp3) is 0.864. The second kappa shape index (κ2) is 13.5. The Bertz CT molecular complexity index is 407. The van der Waals surface area contributed by atoms with Crippen LogP contribution in [0.25, 0.3) is 0 Å². The lowest BCUT2D eigenvalue weighted by molar-refractivity contribution is -0.158. The van der Waals surface area contributed by atoms with Crippen molar-refractivity contribution >= 4 is 5.78 Å². The number of aliphatic hydroxyl groups excluding tert-OH is 2. The van der Waals surface area contributed by atoms with Crippen LogP contribution < -0.4 is 0 Å². The van der Waals surface area contributed by atoms with E-state index in [4.69, 9.17) is 0 Å². The van der Waals surface area contributed by atoms with E-state index in [9.17, 15) is 20.1 Å². The topological polar surface area (TPSA) is 77.8 Å². The third kappa shape index (κ3) is 7.89. The third-order valence-corrected chi connectivity index (χ3v) is 5.61. The summed E-state index contributed by atoms with van der Waals surface area (Å²) in [6, 6.07) is 0. The largest absolute Gasteiger partial charge is 0.390 e. The maximum Gasteiger partial charge on any atom is 0.192 e. The van der Waals surface area contributed by atoms with Crippen LogP contribution >= 0.6 is 0 Å². The minimum Gasteiger partial charge on any atom is -0.390 e. The summed E-state index contributed by atoms with van der Waals surface area (Å²) in [5, 5.41) is 29.9. The second-order valence-corrected chi connectivity index (χ2v) is 7.89. The molecule has 0 aromatic heterocycles. The maximum atomic E-state index is 11.6. The number of unbranched alkanes of at least 4 members (excludes halogenated alkanes) is 13. The van der Waals surface area contributed by atoms with Gasteiger partial charge in [0, 0.05) is 0 Å². The predicted octanol–water partition coefficient (Wildman–Crippen LogP) is 4.45. The van der Waals surface area contributed by atoms with Crippen LogP contribution in [0.15, 0.2) is 12.2 Å². The van der Waals surface area contributed by atoms with Crippen molar-refractivity contribution in [1.82, 2.24) is 0 Å². The highest BCUT2D eigenvalue weighted by molar-refractivity contribution is 6.00. The van der Waals surface area contributed by atoms with E-state index in [1.54, 1.807) is 0 Å². The summed E-state index contributed by atoms with van der Waals surface area (Å²) in [4.78, 5) is 11.6. The highest BCUT2D eigenvalue weighted by Crippen LogP contribution is 2.27. The standard InChI is InChI=1S/C22H40O4/c1-2-3-4-5-6-7-8-9-10-11-12-13-14-15-16-19(23)22(26)20(24)17-18-21(22)25/h17-20,23-24,26H,2-16H2,1H3/t19?,20-,22-/m0/s1. The van der Waals surface area contributed by atoms with Crippen LogP contribution in [-0.4, -0.2) is 38.9 Å². The van der Waals surface area contributed by atoms with Gasteiger partial charge in [0.15, 0.2) is 11.4 Å². The molecule has 3 N–H and O–H groups in total. The highest BCUT2D eigenvalue weighted by Gasteiger charge is 2.50. The lowest BCUT2D eigenvalue weighted by Gasteiger charge is -2.30. The molecular formula is C22H40O4. The Labute approximate surface area is 159 Å². The predicted molar refractivity (Wildman–Crippen MR) is 106 cm³/mol. The molecule has 0 bridgehead atoms. The Kier molecular flexibility index (Phi) is 12.1. The molecule has 0 saturated heterocycles. The molecule has 0 aromatic carbocycles. The Morgan fingerprint density at radius 1 is 0.885 bits per heavy atom. The fourth-order valence-corrected chi connectivity index (χ4v) is 3.72. The zero-order valence-electron chi connectivity index (χ0n) is 16.7. The third-order valence-electron chi connectivity index (χ3n) is 5.61. The summed E-state index contributed by atoms with van der Waals surface area (Å²) in [5.74, 6) is -0.595. The van der Waals surface area contributed by atoms with E-state index in [1.807, 2.05) is 0 Å². The van der Waals surface area contributed by atoms with E-state index in [0.717, 1.165) is 25.3 Å². The average molecular weight is 369 g/mol. The molecule has 0 amide bonds. The van der Waals surface area contributed by atoms with Crippen molar-refractivity contribution in [1.29, 1.82) is 0 Å². The molecule has 0 fully saturated rings. The van der Waals surface area contributed by atoms with E-state index in [2.05, 4.69) is 6.92 Å². The Morgan fingerprint density at radius 2 is 1.31 bits per heavy atom. The molecule has 26 heavy (non-hydrogen) atoms. The molecule has 0 heterocycles. The molecule has 1 unspecified atom stereocenters. The molecule has 0 saturated carbocycles. The minimum atomic E-state index is -2.03. The molecule has 0 radical (unpaired) electrons. The van der Waals surface area contributed by atoms with Gasteiger partial charge in [-0.2, -0.15) is 0 Å². The van der Waals surface area contributed by atoms with Crippen LogP contribution in [0.3, 0.4) is 0 Å². The van der Waals surface area contributed by atoms with Crippen molar-refractivity contribution in [2.75, 3.05) is 0 Å². The molecule has 1 aliphatic carbocycles. The first-order valence-electron chi connectivity index (χ1n) is 10.8. The average Bonchev–Trinajstić information content (AvgIpc) is 2.90. The summed E-state index contributed by atoms with van der Waals surface area (Å²) in [6.07, 6.45) is 17.9. The smallest absolute Gasteiger partial charge is 0.192 e. The van der Waals surface area contributed by atoms with Gasteiger partial charge in [-0.25, -0.2) is 0 Å². The number of hydrogen-bond donors (Lipinski definition) is 3. The number of aliphatic hydroxyl groups is 3. The lowest BCUT2D eigenvalue weighted by atomic mass is 9.87. The fourth-order valence-electron chi connectivity index (χ4n) is 3.72. The van der Waals surface area contributed by atoms with E-state index in [1.165, 1.54) is 76.7 Å². The Balaban J connectivity index is 1.90.